The highest BCUT2D eigenvalue weighted by Gasteiger charge is 2.10. The molecule has 5 nitrogen and oxygen atoms in total. The van der Waals surface area contributed by atoms with Crippen molar-refractivity contribution in [1.82, 2.24) is 14.9 Å². The van der Waals surface area contributed by atoms with Crippen molar-refractivity contribution in [3.05, 3.63) is 88.9 Å². The van der Waals surface area contributed by atoms with E-state index in [-0.39, 0.29) is 12.5 Å². The summed E-state index contributed by atoms with van der Waals surface area (Å²) in [5.41, 5.74) is 2.01. The van der Waals surface area contributed by atoms with Crippen molar-refractivity contribution in [3.63, 3.8) is 0 Å². The van der Waals surface area contributed by atoms with Gasteiger partial charge in [0.2, 0.25) is 0 Å². The second kappa shape index (κ2) is 8.49. The van der Waals surface area contributed by atoms with Crippen LogP contribution in [0.3, 0.4) is 0 Å². The van der Waals surface area contributed by atoms with Crippen LogP contribution in [0.25, 0.3) is 16.5 Å². The van der Waals surface area contributed by atoms with Crippen molar-refractivity contribution < 1.29 is 9.53 Å². The standard InChI is InChI=1S/C23H20BrN3O2/c1-16-25-12-13-27(16)20-9-5-3-7-18(20)14-26-22(28)15-29-21-11-10-17-6-2-4-8-19(17)23(21)24/h2-13H,14-15H2,1H3,(H,26,28). The van der Waals surface area contributed by atoms with E-state index in [1.807, 2.05) is 78.4 Å². The maximum absolute atomic E-state index is 12.4. The van der Waals surface area contributed by atoms with Crippen LogP contribution in [-0.4, -0.2) is 22.1 Å². The maximum Gasteiger partial charge on any atom is 0.258 e. The number of nitrogens with zero attached hydrogens (tertiary/aromatic N) is 2. The molecular formula is C23H20BrN3O2. The zero-order chi connectivity index (χ0) is 20.2. The molecule has 0 atom stereocenters. The molecule has 1 aromatic heterocycles. The number of hydrogen-bond acceptors (Lipinski definition) is 3. The number of imidazole rings is 1. The largest absolute Gasteiger partial charge is 0.483 e. The number of hydrogen-bond donors (Lipinski definition) is 1. The predicted octanol–water partition coefficient (Wildman–Crippen LogP) is 4.79. The molecule has 4 aromatic rings. The molecule has 6 heteroatoms. The van der Waals surface area contributed by atoms with E-state index in [1.165, 1.54) is 0 Å². The summed E-state index contributed by atoms with van der Waals surface area (Å²) in [4.78, 5) is 16.6. The molecule has 1 N–H and O–H groups in total. The Morgan fingerprint density at radius 3 is 2.72 bits per heavy atom. The number of aromatic nitrogens is 2. The predicted molar refractivity (Wildman–Crippen MR) is 117 cm³/mol. The van der Waals surface area contributed by atoms with Gasteiger partial charge in [0, 0.05) is 18.9 Å². The highest BCUT2D eigenvalue weighted by atomic mass is 79.9. The van der Waals surface area contributed by atoms with Gasteiger partial charge < -0.3 is 14.6 Å². The van der Waals surface area contributed by atoms with Crippen LogP contribution in [0.2, 0.25) is 0 Å². The summed E-state index contributed by atoms with van der Waals surface area (Å²) in [6.07, 6.45) is 3.68. The molecule has 29 heavy (non-hydrogen) atoms. The van der Waals surface area contributed by atoms with Crippen LogP contribution in [0.15, 0.2) is 77.5 Å². The number of amides is 1. The van der Waals surface area contributed by atoms with E-state index in [0.29, 0.717) is 12.3 Å². The number of benzene rings is 3. The van der Waals surface area contributed by atoms with Gasteiger partial charge in [-0.15, -0.1) is 0 Å². The molecule has 146 valence electrons. The van der Waals surface area contributed by atoms with E-state index in [4.69, 9.17) is 4.74 Å². The number of ether oxygens (including phenoxy) is 1. The lowest BCUT2D eigenvalue weighted by atomic mass is 10.1. The third-order valence-corrected chi connectivity index (χ3v) is 5.56. The van der Waals surface area contributed by atoms with Crippen molar-refractivity contribution in [2.75, 3.05) is 6.61 Å². The molecule has 0 aliphatic heterocycles. The lowest BCUT2D eigenvalue weighted by Crippen LogP contribution is -2.28. The van der Waals surface area contributed by atoms with Gasteiger partial charge >= 0.3 is 0 Å². The quantitative estimate of drug-likeness (QED) is 0.460. The number of para-hydroxylation sites is 1. The minimum Gasteiger partial charge on any atom is -0.483 e. The molecule has 4 rings (SSSR count). The van der Waals surface area contributed by atoms with Gasteiger partial charge in [0.05, 0.1) is 10.2 Å². The molecule has 0 radical (unpaired) electrons. The lowest BCUT2D eigenvalue weighted by molar-refractivity contribution is -0.123. The molecule has 0 aliphatic rings. The van der Waals surface area contributed by atoms with Crippen LogP contribution in [0.5, 0.6) is 5.75 Å². The summed E-state index contributed by atoms with van der Waals surface area (Å²) >= 11 is 3.58. The molecule has 0 fully saturated rings. The second-order valence-corrected chi connectivity index (χ2v) is 7.43. The fourth-order valence-electron chi connectivity index (χ4n) is 3.24. The second-order valence-electron chi connectivity index (χ2n) is 6.64. The summed E-state index contributed by atoms with van der Waals surface area (Å²) in [6.45, 7) is 2.31. The van der Waals surface area contributed by atoms with Gasteiger partial charge in [-0.1, -0.05) is 48.5 Å². The first-order chi connectivity index (χ1) is 14.1. The third kappa shape index (κ3) is 4.17. The molecule has 0 bridgehead atoms. The Balaban J connectivity index is 1.41. The summed E-state index contributed by atoms with van der Waals surface area (Å²) in [7, 11) is 0. The smallest absolute Gasteiger partial charge is 0.258 e. The number of halogens is 1. The molecule has 0 saturated carbocycles. The van der Waals surface area contributed by atoms with E-state index >= 15 is 0 Å². The van der Waals surface area contributed by atoms with E-state index in [2.05, 4.69) is 26.2 Å². The lowest BCUT2D eigenvalue weighted by Gasteiger charge is -2.13. The summed E-state index contributed by atoms with van der Waals surface area (Å²) in [6, 6.07) is 19.8. The number of aryl methyl sites for hydroxylation is 1. The maximum atomic E-state index is 12.4. The van der Waals surface area contributed by atoms with Crippen molar-refractivity contribution in [3.8, 4) is 11.4 Å². The van der Waals surface area contributed by atoms with Crippen LogP contribution < -0.4 is 10.1 Å². The molecule has 0 unspecified atom stereocenters. The first-order valence-corrected chi connectivity index (χ1v) is 10.1. The molecule has 1 heterocycles. The van der Waals surface area contributed by atoms with Gasteiger partial charge in [0.15, 0.2) is 6.61 Å². The van der Waals surface area contributed by atoms with E-state index in [1.54, 1.807) is 6.20 Å². The van der Waals surface area contributed by atoms with Crippen LogP contribution in [0, 0.1) is 6.92 Å². The Morgan fingerprint density at radius 1 is 1.10 bits per heavy atom. The Morgan fingerprint density at radius 2 is 1.90 bits per heavy atom. The minimum absolute atomic E-state index is 0.0524. The zero-order valence-corrected chi connectivity index (χ0v) is 17.5. The Kier molecular flexibility index (Phi) is 5.62. The monoisotopic (exact) mass is 449 g/mol. The SMILES string of the molecule is Cc1nccn1-c1ccccc1CNC(=O)COc1ccc2ccccc2c1Br. The van der Waals surface area contributed by atoms with Crippen molar-refractivity contribution >= 4 is 32.6 Å². The van der Waals surface area contributed by atoms with E-state index in [9.17, 15) is 4.79 Å². The number of nitrogens with one attached hydrogen (secondary N) is 1. The van der Waals surface area contributed by atoms with Crippen molar-refractivity contribution in [1.29, 1.82) is 0 Å². The minimum atomic E-state index is -0.179. The molecule has 1 amide bonds. The number of carbonyl (C=O) groups is 1. The van der Waals surface area contributed by atoms with Crippen molar-refractivity contribution in [2.24, 2.45) is 0 Å². The van der Waals surface area contributed by atoms with Crippen molar-refractivity contribution in [2.45, 2.75) is 13.5 Å². The van der Waals surface area contributed by atoms with E-state index in [0.717, 1.165) is 32.3 Å². The summed E-state index contributed by atoms with van der Waals surface area (Å²) < 4.78 is 8.60. The zero-order valence-electron chi connectivity index (χ0n) is 15.9. The van der Waals surface area contributed by atoms with Gasteiger partial charge in [-0.05, 0) is 51.3 Å². The van der Waals surface area contributed by atoms with Crippen LogP contribution in [-0.2, 0) is 11.3 Å². The highest BCUT2D eigenvalue weighted by molar-refractivity contribution is 9.10. The van der Waals surface area contributed by atoms with Gasteiger partial charge in [0.25, 0.3) is 5.91 Å². The van der Waals surface area contributed by atoms with Gasteiger partial charge in [0.1, 0.15) is 11.6 Å². The Labute approximate surface area is 177 Å². The van der Waals surface area contributed by atoms with Crippen LogP contribution in [0.4, 0.5) is 0 Å². The normalized spacial score (nSPS) is 10.8. The molecular weight excluding hydrogens is 430 g/mol. The highest BCUT2D eigenvalue weighted by Crippen LogP contribution is 2.32. The first kappa shape index (κ1) is 19.2. The average molecular weight is 450 g/mol. The number of carbonyl (C=O) groups excluding carboxylic acids is 1. The third-order valence-electron chi connectivity index (χ3n) is 4.74. The topological polar surface area (TPSA) is 56.2 Å². The average Bonchev–Trinajstić information content (AvgIpc) is 3.18. The number of fused-ring (bicyclic) bond motifs is 1. The van der Waals surface area contributed by atoms with Gasteiger partial charge in [-0.2, -0.15) is 0 Å². The molecule has 0 saturated heterocycles. The fourth-order valence-corrected chi connectivity index (χ4v) is 3.85. The molecule has 3 aromatic carbocycles. The number of rotatable bonds is 6. The van der Waals surface area contributed by atoms with Crippen LogP contribution >= 0.6 is 15.9 Å². The Bertz CT molecular complexity index is 1170. The van der Waals surface area contributed by atoms with Gasteiger partial charge in [-0.3, -0.25) is 4.79 Å². The Hall–Kier alpha value is -3.12. The summed E-state index contributed by atoms with van der Waals surface area (Å²) in [5, 5.41) is 5.10. The first-order valence-electron chi connectivity index (χ1n) is 9.28. The van der Waals surface area contributed by atoms with Gasteiger partial charge in [-0.25, -0.2) is 4.98 Å². The summed E-state index contributed by atoms with van der Waals surface area (Å²) in [5.74, 6) is 1.36. The molecule has 0 spiro atoms. The fraction of sp³-hybridized carbons (Fsp3) is 0.130. The van der Waals surface area contributed by atoms with Crippen LogP contribution in [0.1, 0.15) is 11.4 Å². The van der Waals surface area contributed by atoms with E-state index < -0.39 is 0 Å². The molecule has 0 aliphatic carbocycles.